The molecule has 5 nitrogen and oxygen atoms in total. The number of amides is 2. The monoisotopic (exact) mass is 366 g/mol. The zero-order valence-electron chi connectivity index (χ0n) is 15.9. The van der Waals surface area contributed by atoms with E-state index in [0.717, 1.165) is 35.4 Å². The Balaban J connectivity index is 1.68. The van der Waals surface area contributed by atoms with Gasteiger partial charge in [-0.1, -0.05) is 30.3 Å². The molecular weight excluding hydrogens is 340 g/mol. The Morgan fingerprint density at radius 3 is 2.63 bits per heavy atom. The summed E-state index contributed by atoms with van der Waals surface area (Å²) < 4.78 is 5.43. The van der Waals surface area contributed by atoms with Crippen molar-refractivity contribution in [3.63, 3.8) is 0 Å². The Kier molecular flexibility index (Phi) is 6.12. The van der Waals surface area contributed by atoms with Gasteiger partial charge in [-0.05, 0) is 56.0 Å². The maximum Gasteiger partial charge on any atom is 0.243 e. The molecule has 0 saturated carbocycles. The number of hydrogen-bond acceptors (Lipinski definition) is 3. The summed E-state index contributed by atoms with van der Waals surface area (Å²) in [6.45, 7) is 4.77. The molecule has 2 aromatic rings. The molecule has 3 rings (SSSR count). The van der Waals surface area contributed by atoms with Crippen molar-refractivity contribution in [2.45, 2.75) is 45.7 Å². The largest absolute Gasteiger partial charge is 0.494 e. The molecule has 1 aliphatic rings. The predicted molar refractivity (Wildman–Crippen MR) is 106 cm³/mol. The molecule has 5 heteroatoms. The van der Waals surface area contributed by atoms with Crippen molar-refractivity contribution in [2.75, 3.05) is 11.5 Å². The standard InChI is InChI=1S/C22H26N2O3/c1-3-27-19-13-11-17(12-14-19)15-23-22(26)16(2)24-20-9-5-4-7-18(20)8-6-10-21(24)25/h4-5,7,9,11-14,16H,3,6,8,10,15H2,1-2H3,(H,23,26). The zero-order chi connectivity index (χ0) is 19.2. The van der Waals surface area contributed by atoms with Crippen LogP contribution in [0.5, 0.6) is 5.75 Å². The molecule has 0 aromatic heterocycles. The molecule has 2 aromatic carbocycles. The molecular formula is C22H26N2O3. The van der Waals surface area contributed by atoms with E-state index in [1.54, 1.807) is 11.8 Å². The van der Waals surface area contributed by atoms with Crippen LogP contribution in [-0.4, -0.2) is 24.5 Å². The van der Waals surface area contributed by atoms with E-state index in [2.05, 4.69) is 5.32 Å². The van der Waals surface area contributed by atoms with Gasteiger partial charge in [0.2, 0.25) is 11.8 Å². The number of benzene rings is 2. The fourth-order valence-electron chi connectivity index (χ4n) is 3.39. The highest BCUT2D eigenvalue weighted by molar-refractivity contribution is 6.01. The van der Waals surface area contributed by atoms with E-state index in [-0.39, 0.29) is 11.8 Å². The van der Waals surface area contributed by atoms with Crippen LogP contribution in [0.2, 0.25) is 0 Å². The van der Waals surface area contributed by atoms with E-state index in [9.17, 15) is 9.59 Å². The number of hydrogen-bond donors (Lipinski definition) is 1. The average molecular weight is 366 g/mol. The number of rotatable bonds is 6. The van der Waals surface area contributed by atoms with Crippen LogP contribution in [-0.2, 0) is 22.6 Å². The highest BCUT2D eigenvalue weighted by Crippen LogP contribution is 2.28. The normalized spacial score (nSPS) is 14.9. The van der Waals surface area contributed by atoms with Gasteiger partial charge in [0, 0.05) is 18.7 Å². The molecule has 1 heterocycles. The van der Waals surface area contributed by atoms with Gasteiger partial charge in [-0.15, -0.1) is 0 Å². The number of para-hydroxylation sites is 1. The zero-order valence-corrected chi connectivity index (χ0v) is 15.9. The van der Waals surface area contributed by atoms with Gasteiger partial charge in [-0.2, -0.15) is 0 Å². The third-order valence-corrected chi connectivity index (χ3v) is 4.82. The number of nitrogens with one attached hydrogen (secondary N) is 1. The van der Waals surface area contributed by atoms with Crippen LogP contribution in [0, 0.1) is 0 Å². The molecule has 0 aliphatic carbocycles. The van der Waals surface area contributed by atoms with Gasteiger partial charge in [0.25, 0.3) is 0 Å². The topological polar surface area (TPSA) is 58.6 Å². The summed E-state index contributed by atoms with van der Waals surface area (Å²) in [5.74, 6) is 0.658. The van der Waals surface area contributed by atoms with Crippen LogP contribution in [0.4, 0.5) is 5.69 Å². The van der Waals surface area contributed by atoms with E-state index in [1.807, 2.05) is 55.5 Å². The first kappa shape index (κ1) is 19.0. The predicted octanol–water partition coefficient (Wildman–Crippen LogP) is 3.46. The van der Waals surface area contributed by atoms with Crippen LogP contribution in [0.15, 0.2) is 48.5 Å². The van der Waals surface area contributed by atoms with Gasteiger partial charge in [-0.25, -0.2) is 0 Å². The SMILES string of the molecule is CCOc1ccc(CNC(=O)C(C)N2C(=O)CCCc3ccccc32)cc1. The minimum Gasteiger partial charge on any atom is -0.494 e. The lowest BCUT2D eigenvalue weighted by Crippen LogP contribution is -2.48. The highest BCUT2D eigenvalue weighted by Gasteiger charge is 2.30. The molecule has 0 saturated heterocycles. The molecule has 1 atom stereocenters. The number of aryl methyl sites for hydroxylation is 1. The van der Waals surface area contributed by atoms with Crippen LogP contribution in [0.3, 0.4) is 0 Å². The second kappa shape index (κ2) is 8.71. The van der Waals surface area contributed by atoms with Gasteiger partial charge >= 0.3 is 0 Å². The van der Waals surface area contributed by atoms with Crippen molar-refractivity contribution >= 4 is 17.5 Å². The molecule has 0 bridgehead atoms. The van der Waals surface area contributed by atoms with Crippen molar-refractivity contribution in [1.29, 1.82) is 0 Å². The fraction of sp³-hybridized carbons (Fsp3) is 0.364. The third-order valence-electron chi connectivity index (χ3n) is 4.82. The summed E-state index contributed by atoms with van der Waals surface area (Å²) >= 11 is 0. The van der Waals surface area contributed by atoms with Crippen LogP contribution in [0.1, 0.15) is 37.8 Å². The van der Waals surface area contributed by atoms with Gasteiger partial charge in [0.1, 0.15) is 11.8 Å². The molecule has 2 amide bonds. The van der Waals surface area contributed by atoms with Crippen molar-refractivity contribution in [1.82, 2.24) is 5.32 Å². The Morgan fingerprint density at radius 2 is 1.89 bits per heavy atom. The van der Waals surface area contributed by atoms with Crippen molar-refractivity contribution in [3.05, 3.63) is 59.7 Å². The summed E-state index contributed by atoms with van der Waals surface area (Å²) in [5.41, 5.74) is 2.96. The van der Waals surface area contributed by atoms with Crippen LogP contribution < -0.4 is 15.0 Å². The summed E-state index contributed by atoms with van der Waals surface area (Å²) in [6.07, 6.45) is 2.14. The number of fused-ring (bicyclic) bond motifs is 1. The van der Waals surface area contributed by atoms with Gasteiger partial charge in [0.05, 0.1) is 6.61 Å². The lowest BCUT2D eigenvalue weighted by atomic mass is 10.1. The molecule has 1 aliphatic heterocycles. The van der Waals surface area contributed by atoms with E-state index >= 15 is 0 Å². The van der Waals surface area contributed by atoms with Gasteiger partial charge in [-0.3, -0.25) is 14.5 Å². The second-order valence-corrected chi connectivity index (χ2v) is 6.72. The first-order chi connectivity index (χ1) is 13.1. The molecule has 1 unspecified atom stereocenters. The van der Waals surface area contributed by atoms with Crippen molar-refractivity contribution in [3.8, 4) is 5.75 Å². The van der Waals surface area contributed by atoms with Crippen LogP contribution in [0.25, 0.3) is 0 Å². The van der Waals surface area contributed by atoms with Crippen molar-refractivity contribution in [2.24, 2.45) is 0 Å². The first-order valence-corrected chi connectivity index (χ1v) is 9.49. The molecule has 0 radical (unpaired) electrons. The lowest BCUT2D eigenvalue weighted by Gasteiger charge is -2.28. The van der Waals surface area contributed by atoms with E-state index < -0.39 is 6.04 Å². The first-order valence-electron chi connectivity index (χ1n) is 9.49. The minimum absolute atomic E-state index is 0.00340. The Morgan fingerprint density at radius 1 is 1.15 bits per heavy atom. The number of nitrogens with zero attached hydrogens (tertiary/aromatic N) is 1. The number of ether oxygens (including phenoxy) is 1. The number of carbonyl (C=O) groups is 2. The maximum absolute atomic E-state index is 12.7. The third kappa shape index (κ3) is 4.48. The Labute approximate surface area is 160 Å². The average Bonchev–Trinajstić information content (AvgIpc) is 2.85. The summed E-state index contributed by atoms with van der Waals surface area (Å²) in [6, 6.07) is 14.9. The Hall–Kier alpha value is -2.82. The highest BCUT2D eigenvalue weighted by atomic mass is 16.5. The molecule has 0 fully saturated rings. The smallest absolute Gasteiger partial charge is 0.243 e. The minimum atomic E-state index is -0.556. The van der Waals surface area contributed by atoms with Gasteiger partial charge < -0.3 is 10.1 Å². The quantitative estimate of drug-likeness (QED) is 0.852. The summed E-state index contributed by atoms with van der Waals surface area (Å²) in [5, 5.41) is 2.95. The number of carbonyl (C=O) groups excluding carboxylic acids is 2. The second-order valence-electron chi connectivity index (χ2n) is 6.72. The summed E-state index contributed by atoms with van der Waals surface area (Å²) in [4.78, 5) is 27.0. The van der Waals surface area contributed by atoms with E-state index in [0.29, 0.717) is 19.6 Å². The Bertz CT molecular complexity index is 801. The lowest BCUT2D eigenvalue weighted by molar-refractivity contribution is -0.126. The maximum atomic E-state index is 12.7. The van der Waals surface area contributed by atoms with E-state index in [4.69, 9.17) is 4.74 Å². The molecule has 1 N–H and O–H groups in total. The summed E-state index contributed by atoms with van der Waals surface area (Å²) in [7, 11) is 0. The van der Waals surface area contributed by atoms with E-state index in [1.165, 1.54) is 0 Å². The molecule has 142 valence electrons. The van der Waals surface area contributed by atoms with Gasteiger partial charge in [0.15, 0.2) is 0 Å². The fourth-order valence-corrected chi connectivity index (χ4v) is 3.39. The van der Waals surface area contributed by atoms with Crippen LogP contribution >= 0.6 is 0 Å². The molecule has 0 spiro atoms. The molecule has 27 heavy (non-hydrogen) atoms. The van der Waals surface area contributed by atoms with Crippen molar-refractivity contribution < 1.29 is 14.3 Å². The number of anilines is 1.